The second-order valence-corrected chi connectivity index (χ2v) is 5.34. The third-order valence-corrected chi connectivity index (χ3v) is 3.34. The maximum absolute atomic E-state index is 11.8. The smallest absolute Gasteiger partial charge is 0.248 e. The zero-order valence-corrected chi connectivity index (χ0v) is 11.1. The molecule has 16 heavy (non-hydrogen) atoms. The summed E-state index contributed by atoms with van der Waals surface area (Å²) in [5.74, 6) is 0.753. The normalized spacial score (nSPS) is 16.8. The van der Waals surface area contributed by atoms with Crippen LogP contribution in [-0.2, 0) is 4.79 Å². The number of halogens is 1. The largest absolute Gasteiger partial charge is 0.352 e. The molecule has 1 N–H and O–H groups in total. The Labute approximate surface area is 103 Å². The number of allylic oxidation sites excluding steroid dienone is 1. The summed E-state index contributed by atoms with van der Waals surface area (Å²) >= 11 is 6.06. The van der Waals surface area contributed by atoms with Gasteiger partial charge in [0.1, 0.15) is 0 Å². The summed E-state index contributed by atoms with van der Waals surface area (Å²) in [6.07, 6.45) is 6.13. The molecule has 1 amide bonds. The van der Waals surface area contributed by atoms with Crippen LogP contribution in [0.5, 0.6) is 0 Å². The van der Waals surface area contributed by atoms with E-state index in [9.17, 15) is 4.79 Å². The van der Waals surface area contributed by atoms with Crippen LogP contribution in [0.4, 0.5) is 0 Å². The zero-order valence-electron chi connectivity index (χ0n) is 10.3. The van der Waals surface area contributed by atoms with Gasteiger partial charge in [-0.25, -0.2) is 0 Å². The molecule has 1 aliphatic rings. The first-order valence-electron chi connectivity index (χ1n) is 6.27. The fourth-order valence-electron chi connectivity index (χ4n) is 1.92. The first-order valence-corrected chi connectivity index (χ1v) is 6.64. The van der Waals surface area contributed by atoms with Gasteiger partial charge < -0.3 is 5.32 Å². The highest BCUT2D eigenvalue weighted by atomic mass is 35.5. The number of rotatable bonds is 5. The fourth-order valence-corrected chi connectivity index (χ4v) is 2.24. The second-order valence-electron chi connectivity index (χ2n) is 4.88. The van der Waals surface area contributed by atoms with Gasteiger partial charge in [-0.2, -0.15) is 0 Å². The number of nitrogens with one attached hydrogen (secondary N) is 1. The lowest BCUT2D eigenvalue weighted by atomic mass is 9.98. The molecule has 0 aromatic heterocycles. The molecule has 92 valence electrons. The van der Waals surface area contributed by atoms with Crippen LogP contribution in [0.25, 0.3) is 0 Å². The van der Waals surface area contributed by atoms with Crippen molar-refractivity contribution in [2.75, 3.05) is 6.54 Å². The summed E-state index contributed by atoms with van der Waals surface area (Å²) in [6.45, 7) is 5.16. The molecule has 0 saturated heterocycles. The van der Waals surface area contributed by atoms with Gasteiger partial charge >= 0.3 is 0 Å². The molecule has 0 bridgehead atoms. The van der Waals surface area contributed by atoms with Crippen molar-refractivity contribution in [3.63, 3.8) is 0 Å². The van der Waals surface area contributed by atoms with Gasteiger partial charge in [0, 0.05) is 17.2 Å². The molecule has 0 fully saturated rings. The van der Waals surface area contributed by atoms with Crippen LogP contribution in [0.1, 0.15) is 52.4 Å². The molecule has 0 aromatic rings. The molecule has 1 aliphatic carbocycles. The monoisotopic (exact) mass is 243 g/mol. The number of amides is 1. The van der Waals surface area contributed by atoms with Crippen molar-refractivity contribution in [3.05, 3.63) is 10.6 Å². The molecule has 0 spiro atoms. The van der Waals surface area contributed by atoms with Gasteiger partial charge in [-0.15, -0.1) is 0 Å². The first kappa shape index (κ1) is 13.6. The zero-order chi connectivity index (χ0) is 12.0. The lowest BCUT2D eigenvalue weighted by molar-refractivity contribution is -0.117. The van der Waals surface area contributed by atoms with Gasteiger partial charge in [-0.05, 0) is 44.4 Å². The highest BCUT2D eigenvalue weighted by molar-refractivity contribution is 6.31. The Balaban J connectivity index is 2.29. The van der Waals surface area contributed by atoms with E-state index in [0.29, 0.717) is 5.92 Å². The minimum Gasteiger partial charge on any atom is -0.352 e. The van der Waals surface area contributed by atoms with Gasteiger partial charge in [0.25, 0.3) is 0 Å². The summed E-state index contributed by atoms with van der Waals surface area (Å²) in [4.78, 5) is 11.8. The van der Waals surface area contributed by atoms with Crippen LogP contribution < -0.4 is 5.32 Å². The molecular formula is C13H22ClNO. The lowest BCUT2D eigenvalue weighted by Crippen LogP contribution is -2.27. The topological polar surface area (TPSA) is 29.1 Å². The van der Waals surface area contributed by atoms with Gasteiger partial charge in [0.2, 0.25) is 5.91 Å². The van der Waals surface area contributed by atoms with E-state index in [-0.39, 0.29) is 5.91 Å². The fraction of sp³-hybridized carbons (Fsp3) is 0.769. The molecule has 0 atom stereocenters. The average molecular weight is 244 g/mol. The molecule has 0 aromatic carbocycles. The molecule has 0 heterocycles. The Morgan fingerprint density at radius 1 is 1.38 bits per heavy atom. The van der Waals surface area contributed by atoms with Crippen molar-refractivity contribution in [3.8, 4) is 0 Å². The third kappa shape index (κ3) is 4.56. The van der Waals surface area contributed by atoms with E-state index in [1.165, 1.54) is 0 Å². The molecule has 0 aliphatic heterocycles. The summed E-state index contributed by atoms with van der Waals surface area (Å²) in [7, 11) is 0. The minimum atomic E-state index is 0.0495. The molecular weight excluding hydrogens is 222 g/mol. The third-order valence-electron chi connectivity index (χ3n) is 2.92. The van der Waals surface area contributed by atoms with Crippen molar-refractivity contribution in [1.29, 1.82) is 0 Å². The summed E-state index contributed by atoms with van der Waals surface area (Å²) < 4.78 is 0. The van der Waals surface area contributed by atoms with Gasteiger partial charge in [-0.3, -0.25) is 4.79 Å². The molecule has 1 rings (SSSR count). The minimum absolute atomic E-state index is 0.0495. The van der Waals surface area contributed by atoms with E-state index < -0.39 is 0 Å². The predicted molar refractivity (Wildman–Crippen MR) is 68.4 cm³/mol. The SMILES string of the molecule is CC(C)CCCNC(=O)C1=C(Cl)CCCC1. The molecule has 0 unspecified atom stereocenters. The Kier molecular flexibility index (Phi) is 5.89. The molecule has 2 nitrogen and oxygen atoms in total. The number of hydrogen-bond donors (Lipinski definition) is 1. The standard InChI is InChI=1S/C13H22ClNO/c1-10(2)6-5-9-15-13(16)11-7-3-4-8-12(11)14/h10H,3-9H2,1-2H3,(H,15,16). The lowest BCUT2D eigenvalue weighted by Gasteiger charge is -2.15. The Morgan fingerprint density at radius 3 is 2.69 bits per heavy atom. The van der Waals surface area contributed by atoms with Crippen LogP contribution in [-0.4, -0.2) is 12.5 Å². The number of carbonyl (C=O) groups excluding carboxylic acids is 1. The predicted octanol–water partition coefficient (Wildman–Crippen LogP) is 3.61. The Hall–Kier alpha value is -0.500. The van der Waals surface area contributed by atoms with E-state index in [4.69, 9.17) is 11.6 Å². The van der Waals surface area contributed by atoms with E-state index in [2.05, 4.69) is 19.2 Å². The van der Waals surface area contributed by atoms with E-state index in [0.717, 1.165) is 55.7 Å². The van der Waals surface area contributed by atoms with Crippen LogP contribution in [0, 0.1) is 5.92 Å². The van der Waals surface area contributed by atoms with E-state index in [1.807, 2.05) is 0 Å². The molecule has 3 heteroatoms. The van der Waals surface area contributed by atoms with E-state index in [1.54, 1.807) is 0 Å². The maximum atomic E-state index is 11.8. The average Bonchev–Trinajstić information content (AvgIpc) is 2.24. The van der Waals surface area contributed by atoms with Crippen LogP contribution in [0.3, 0.4) is 0 Å². The van der Waals surface area contributed by atoms with Crippen LogP contribution in [0.2, 0.25) is 0 Å². The highest BCUT2D eigenvalue weighted by Gasteiger charge is 2.17. The first-order chi connectivity index (χ1) is 7.61. The maximum Gasteiger partial charge on any atom is 0.248 e. The van der Waals surface area contributed by atoms with Crippen molar-refractivity contribution in [1.82, 2.24) is 5.32 Å². The highest BCUT2D eigenvalue weighted by Crippen LogP contribution is 2.27. The Bertz CT molecular complexity index is 271. The van der Waals surface area contributed by atoms with Crippen LogP contribution >= 0.6 is 11.6 Å². The molecule has 0 radical (unpaired) electrons. The summed E-state index contributed by atoms with van der Waals surface area (Å²) in [6, 6.07) is 0. The summed E-state index contributed by atoms with van der Waals surface area (Å²) in [5, 5.41) is 3.73. The van der Waals surface area contributed by atoms with Crippen LogP contribution in [0.15, 0.2) is 10.6 Å². The van der Waals surface area contributed by atoms with Crippen molar-refractivity contribution < 1.29 is 4.79 Å². The van der Waals surface area contributed by atoms with Crippen molar-refractivity contribution in [2.24, 2.45) is 5.92 Å². The van der Waals surface area contributed by atoms with Gasteiger partial charge in [0.05, 0.1) is 0 Å². The summed E-state index contributed by atoms with van der Waals surface area (Å²) in [5.41, 5.74) is 0.817. The second kappa shape index (κ2) is 6.95. The quantitative estimate of drug-likeness (QED) is 0.735. The van der Waals surface area contributed by atoms with Gasteiger partial charge in [-0.1, -0.05) is 25.4 Å². The van der Waals surface area contributed by atoms with Crippen molar-refractivity contribution in [2.45, 2.75) is 52.4 Å². The number of carbonyl (C=O) groups is 1. The number of hydrogen-bond acceptors (Lipinski definition) is 1. The van der Waals surface area contributed by atoms with Gasteiger partial charge in [0.15, 0.2) is 0 Å². The Morgan fingerprint density at radius 2 is 2.06 bits per heavy atom. The molecule has 0 saturated carbocycles. The van der Waals surface area contributed by atoms with Crippen molar-refractivity contribution >= 4 is 17.5 Å². The van der Waals surface area contributed by atoms with E-state index >= 15 is 0 Å².